The molecule has 3 aromatic carbocycles. The predicted octanol–water partition coefficient (Wildman–Crippen LogP) is 4.08. The number of benzene rings is 3. The molecule has 0 unspecified atom stereocenters. The summed E-state index contributed by atoms with van der Waals surface area (Å²) >= 11 is 5.83. The van der Waals surface area contributed by atoms with E-state index < -0.39 is 27.4 Å². The minimum Gasteiger partial charge on any atom is -0.325 e. The molecule has 1 N–H and O–H groups in total. The van der Waals surface area contributed by atoms with Gasteiger partial charge >= 0.3 is 0 Å². The van der Waals surface area contributed by atoms with Crippen LogP contribution in [0.2, 0.25) is 5.02 Å². The van der Waals surface area contributed by atoms with Gasteiger partial charge in [-0.1, -0.05) is 29.8 Å². The fraction of sp³-hybridized carbons (Fsp3) is 0.0500. The smallest absolute Gasteiger partial charge is 0.269 e. The number of sulfonamides is 1. The van der Waals surface area contributed by atoms with Crippen LogP contribution in [0.3, 0.4) is 0 Å². The van der Waals surface area contributed by atoms with Gasteiger partial charge < -0.3 is 5.32 Å². The molecule has 1 amide bonds. The molecular weight excluding hydrogens is 430 g/mol. The zero-order valence-electron chi connectivity index (χ0n) is 15.4. The van der Waals surface area contributed by atoms with Gasteiger partial charge in [0.05, 0.1) is 15.5 Å². The molecule has 0 fully saturated rings. The van der Waals surface area contributed by atoms with Gasteiger partial charge in [0.25, 0.3) is 15.7 Å². The van der Waals surface area contributed by atoms with Gasteiger partial charge in [0.1, 0.15) is 6.54 Å². The van der Waals surface area contributed by atoms with E-state index in [1.165, 1.54) is 36.4 Å². The monoisotopic (exact) mass is 445 g/mol. The first kappa shape index (κ1) is 21.3. The molecule has 0 saturated heterocycles. The molecule has 8 nitrogen and oxygen atoms in total. The van der Waals surface area contributed by atoms with Crippen molar-refractivity contribution in [2.24, 2.45) is 0 Å². The molecular formula is C20H16ClN3O5S. The molecule has 0 aliphatic rings. The Morgan fingerprint density at radius 2 is 1.57 bits per heavy atom. The van der Waals surface area contributed by atoms with Crippen LogP contribution in [0.1, 0.15) is 0 Å². The molecule has 0 spiro atoms. The van der Waals surface area contributed by atoms with E-state index in [0.29, 0.717) is 10.7 Å². The van der Waals surface area contributed by atoms with E-state index in [2.05, 4.69) is 5.32 Å². The van der Waals surface area contributed by atoms with Crippen molar-refractivity contribution in [2.75, 3.05) is 16.2 Å². The lowest BCUT2D eigenvalue weighted by Crippen LogP contribution is -2.38. The SMILES string of the molecule is O=C(CN(c1ccc([N+](=O)[O-])cc1)S(=O)(=O)c1ccccc1)Nc1ccc(Cl)cc1. The van der Waals surface area contributed by atoms with Crippen LogP contribution in [0.25, 0.3) is 0 Å². The Morgan fingerprint density at radius 1 is 0.967 bits per heavy atom. The zero-order valence-corrected chi connectivity index (χ0v) is 17.0. The molecule has 3 aromatic rings. The summed E-state index contributed by atoms with van der Waals surface area (Å²) in [5.41, 5.74) is 0.377. The lowest BCUT2D eigenvalue weighted by molar-refractivity contribution is -0.384. The van der Waals surface area contributed by atoms with Crippen LogP contribution >= 0.6 is 11.6 Å². The fourth-order valence-corrected chi connectivity index (χ4v) is 4.21. The van der Waals surface area contributed by atoms with Crippen molar-refractivity contribution < 1.29 is 18.1 Å². The van der Waals surface area contributed by atoms with E-state index in [1.54, 1.807) is 42.5 Å². The summed E-state index contributed by atoms with van der Waals surface area (Å²) in [5.74, 6) is -0.588. The van der Waals surface area contributed by atoms with Gasteiger partial charge in [-0.05, 0) is 48.5 Å². The zero-order chi connectivity index (χ0) is 21.7. The van der Waals surface area contributed by atoms with Crippen molar-refractivity contribution in [3.8, 4) is 0 Å². The molecule has 0 aliphatic carbocycles. The molecule has 154 valence electrons. The topological polar surface area (TPSA) is 110 Å². The Bertz CT molecular complexity index is 1150. The number of hydrogen-bond donors (Lipinski definition) is 1. The molecule has 0 atom stereocenters. The van der Waals surface area contributed by atoms with Crippen molar-refractivity contribution in [3.05, 3.63) is 94.0 Å². The number of hydrogen-bond acceptors (Lipinski definition) is 5. The standard InChI is InChI=1S/C20H16ClN3O5S/c21-15-6-8-16(9-7-15)22-20(25)14-23(17-10-12-18(13-11-17)24(26)27)30(28,29)19-4-2-1-3-5-19/h1-13H,14H2,(H,22,25). The number of amides is 1. The highest BCUT2D eigenvalue weighted by Gasteiger charge is 2.27. The number of anilines is 2. The molecule has 10 heteroatoms. The molecule has 3 rings (SSSR count). The van der Waals surface area contributed by atoms with Crippen molar-refractivity contribution in [2.45, 2.75) is 4.90 Å². The number of non-ortho nitro benzene ring substituents is 1. The van der Waals surface area contributed by atoms with Gasteiger partial charge in [-0.25, -0.2) is 8.42 Å². The van der Waals surface area contributed by atoms with Crippen LogP contribution in [-0.4, -0.2) is 25.8 Å². The van der Waals surface area contributed by atoms with Gasteiger partial charge in [-0.2, -0.15) is 0 Å². The van der Waals surface area contributed by atoms with E-state index in [1.807, 2.05) is 0 Å². The largest absolute Gasteiger partial charge is 0.325 e. The van der Waals surface area contributed by atoms with E-state index in [0.717, 1.165) is 4.31 Å². The summed E-state index contributed by atoms with van der Waals surface area (Å²) in [6.45, 7) is -0.530. The second kappa shape index (κ2) is 8.93. The van der Waals surface area contributed by atoms with Crippen LogP contribution < -0.4 is 9.62 Å². The van der Waals surface area contributed by atoms with E-state index in [4.69, 9.17) is 11.6 Å². The number of nitrogens with one attached hydrogen (secondary N) is 1. The maximum absolute atomic E-state index is 13.2. The molecule has 0 aromatic heterocycles. The highest BCUT2D eigenvalue weighted by Crippen LogP contribution is 2.26. The van der Waals surface area contributed by atoms with Gasteiger partial charge in [0.2, 0.25) is 5.91 Å². The number of carbonyl (C=O) groups is 1. The average molecular weight is 446 g/mol. The number of nitrogens with zero attached hydrogens (tertiary/aromatic N) is 2. The number of rotatable bonds is 7. The van der Waals surface area contributed by atoms with E-state index >= 15 is 0 Å². The van der Waals surface area contributed by atoms with Crippen molar-refractivity contribution in [3.63, 3.8) is 0 Å². The number of nitro groups is 1. The highest BCUT2D eigenvalue weighted by atomic mass is 35.5. The quantitative estimate of drug-likeness (QED) is 0.435. The van der Waals surface area contributed by atoms with Crippen LogP contribution in [0.4, 0.5) is 17.1 Å². The first-order valence-corrected chi connectivity index (χ1v) is 10.5. The molecule has 30 heavy (non-hydrogen) atoms. The minimum absolute atomic E-state index is 0.0114. The van der Waals surface area contributed by atoms with Gasteiger partial charge in [-0.15, -0.1) is 0 Å². The first-order chi connectivity index (χ1) is 14.3. The molecule has 0 saturated carbocycles. The van der Waals surface area contributed by atoms with Crippen LogP contribution in [0.5, 0.6) is 0 Å². The summed E-state index contributed by atoms with van der Waals surface area (Å²) in [6, 6.07) is 18.9. The Hall–Kier alpha value is -3.43. The van der Waals surface area contributed by atoms with E-state index in [-0.39, 0.29) is 16.3 Å². The van der Waals surface area contributed by atoms with Crippen molar-refractivity contribution >= 4 is 44.6 Å². The van der Waals surface area contributed by atoms with Crippen LogP contribution in [0, 0.1) is 10.1 Å². The summed E-state index contributed by atoms with van der Waals surface area (Å²) < 4.78 is 27.3. The summed E-state index contributed by atoms with van der Waals surface area (Å²) in [6.07, 6.45) is 0. The van der Waals surface area contributed by atoms with Crippen LogP contribution in [-0.2, 0) is 14.8 Å². The maximum atomic E-state index is 13.2. The third-order valence-electron chi connectivity index (χ3n) is 4.09. The fourth-order valence-electron chi connectivity index (χ4n) is 2.64. The Labute approximate surface area is 177 Å². The first-order valence-electron chi connectivity index (χ1n) is 8.65. The van der Waals surface area contributed by atoms with Gasteiger partial charge in [0, 0.05) is 22.8 Å². The number of halogens is 1. The summed E-state index contributed by atoms with van der Waals surface area (Å²) in [4.78, 5) is 22.9. The van der Waals surface area contributed by atoms with Gasteiger partial charge in [0.15, 0.2) is 0 Å². The molecule has 0 bridgehead atoms. The third-order valence-corrected chi connectivity index (χ3v) is 6.13. The normalized spacial score (nSPS) is 11.0. The van der Waals surface area contributed by atoms with Crippen molar-refractivity contribution in [1.29, 1.82) is 0 Å². The highest BCUT2D eigenvalue weighted by molar-refractivity contribution is 7.92. The summed E-state index contributed by atoms with van der Waals surface area (Å²) in [5, 5.41) is 14.0. The molecule has 0 heterocycles. The molecule has 0 radical (unpaired) electrons. The molecule has 0 aliphatic heterocycles. The van der Waals surface area contributed by atoms with Crippen LogP contribution in [0.15, 0.2) is 83.8 Å². The minimum atomic E-state index is -4.10. The number of carbonyl (C=O) groups excluding carboxylic acids is 1. The Morgan fingerprint density at radius 3 is 2.13 bits per heavy atom. The lowest BCUT2D eigenvalue weighted by atomic mass is 10.3. The average Bonchev–Trinajstić information content (AvgIpc) is 2.74. The Balaban J connectivity index is 1.93. The Kier molecular flexibility index (Phi) is 6.34. The number of nitro benzene ring substituents is 1. The predicted molar refractivity (Wildman–Crippen MR) is 114 cm³/mol. The second-order valence-electron chi connectivity index (χ2n) is 6.15. The van der Waals surface area contributed by atoms with Gasteiger partial charge in [-0.3, -0.25) is 19.2 Å². The van der Waals surface area contributed by atoms with Crippen molar-refractivity contribution in [1.82, 2.24) is 0 Å². The third kappa shape index (κ3) is 4.94. The van der Waals surface area contributed by atoms with E-state index in [9.17, 15) is 23.3 Å². The maximum Gasteiger partial charge on any atom is 0.269 e. The summed E-state index contributed by atoms with van der Waals surface area (Å²) in [7, 11) is -4.10. The second-order valence-corrected chi connectivity index (χ2v) is 8.45. The lowest BCUT2D eigenvalue weighted by Gasteiger charge is -2.24.